The molecule has 1 heterocycles. The van der Waals surface area contributed by atoms with E-state index in [9.17, 15) is 18.0 Å². The van der Waals surface area contributed by atoms with Crippen LogP contribution in [0.15, 0.2) is 53.4 Å². The summed E-state index contributed by atoms with van der Waals surface area (Å²) < 4.78 is 27.1. The van der Waals surface area contributed by atoms with Crippen LogP contribution in [0.3, 0.4) is 0 Å². The number of hydrogen-bond acceptors (Lipinski definition) is 5. The number of anilines is 1. The first kappa shape index (κ1) is 23.8. The van der Waals surface area contributed by atoms with Gasteiger partial charge in [-0.2, -0.15) is 11.8 Å². The molecule has 0 atom stereocenters. The van der Waals surface area contributed by atoms with Crippen molar-refractivity contribution in [1.82, 2.24) is 9.62 Å². The Kier molecular flexibility index (Phi) is 7.72. The second kappa shape index (κ2) is 10.7. The van der Waals surface area contributed by atoms with Gasteiger partial charge in [-0.15, -0.1) is 0 Å². The lowest BCUT2D eigenvalue weighted by Gasteiger charge is -2.26. The number of aryl methyl sites for hydroxylation is 1. The largest absolute Gasteiger partial charge is 0.341 e. The first-order valence-corrected chi connectivity index (χ1v) is 13.9. The van der Waals surface area contributed by atoms with E-state index in [1.54, 1.807) is 24.3 Å². The molecule has 1 saturated heterocycles. The molecule has 4 rings (SSSR count). The van der Waals surface area contributed by atoms with Crippen LogP contribution in [-0.4, -0.2) is 55.8 Å². The predicted octanol–water partition coefficient (Wildman–Crippen LogP) is 2.82. The van der Waals surface area contributed by atoms with Gasteiger partial charge in [0.15, 0.2) is 0 Å². The number of benzene rings is 2. The fraction of sp³-hybridized carbons (Fsp3) is 0.417. The fourth-order valence-corrected chi connectivity index (χ4v) is 5.82. The van der Waals surface area contributed by atoms with Crippen LogP contribution in [0.2, 0.25) is 0 Å². The minimum Gasteiger partial charge on any atom is -0.341 e. The van der Waals surface area contributed by atoms with Crippen molar-refractivity contribution < 1.29 is 18.0 Å². The Morgan fingerprint density at radius 3 is 2.21 bits per heavy atom. The lowest BCUT2D eigenvalue weighted by molar-refractivity contribution is -0.130. The van der Waals surface area contributed by atoms with Gasteiger partial charge in [0, 0.05) is 42.7 Å². The number of rotatable bonds is 9. The molecule has 1 aliphatic carbocycles. The highest BCUT2D eigenvalue weighted by Crippen LogP contribution is 2.22. The maximum atomic E-state index is 12.4. The van der Waals surface area contributed by atoms with Gasteiger partial charge in [0.05, 0.1) is 11.3 Å². The number of thioether (sulfide) groups is 1. The topological polar surface area (TPSA) is 95.6 Å². The molecule has 0 bridgehead atoms. The molecule has 9 heteroatoms. The zero-order valence-electron chi connectivity index (χ0n) is 18.5. The molecule has 2 aliphatic rings. The smallest absolute Gasteiger partial charge is 0.240 e. The Hall–Kier alpha value is -2.36. The van der Waals surface area contributed by atoms with Crippen molar-refractivity contribution in [3.05, 3.63) is 59.7 Å². The van der Waals surface area contributed by atoms with Gasteiger partial charge >= 0.3 is 0 Å². The van der Waals surface area contributed by atoms with E-state index in [1.807, 2.05) is 40.9 Å². The van der Waals surface area contributed by atoms with Crippen molar-refractivity contribution in [3.8, 4) is 0 Å². The maximum Gasteiger partial charge on any atom is 0.240 e. The highest BCUT2D eigenvalue weighted by Gasteiger charge is 2.27. The summed E-state index contributed by atoms with van der Waals surface area (Å²) in [7, 11) is -3.46. The van der Waals surface area contributed by atoms with Crippen molar-refractivity contribution >= 4 is 39.3 Å². The molecule has 33 heavy (non-hydrogen) atoms. The number of nitrogens with one attached hydrogen (secondary N) is 2. The quantitative estimate of drug-likeness (QED) is 0.567. The first-order chi connectivity index (χ1) is 15.9. The second-order valence-corrected chi connectivity index (χ2v) is 11.4. The van der Waals surface area contributed by atoms with E-state index in [2.05, 4.69) is 10.0 Å². The monoisotopic (exact) mass is 487 g/mol. The molecule has 7 nitrogen and oxygen atoms in total. The second-order valence-electron chi connectivity index (χ2n) is 8.45. The number of carbonyl (C=O) groups is 2. The van der Waals surface area contributed by atoms with Gasteiger partial charge in [-0.1, -0.05) is 24.3 Å². The van der Waals surface area contributed by atoms with E-state index in [1.165, 1.54) is 0 Å². The van der Waals surface area contributed by atoms with Crippen LogP contribution in [0.25, 0.3) is 0 Å². The lowest BCUT2D eigenvalue weighted by atomic mass is 10.1. The van der Waals surface area contributed by atoms with Crippen molar-refractivity contribution in [2.24, 2.45) is 0 Å². The molecule has 1 aliphatic heterocycles. The summed E-state index contributed by atoms with van der Waals surface area (Å²) in [5.74, 6) is 2.03. The first-order valence-electron chi connectivity index (χ1n) is 11.2. The average molecular weight is 488 g/mol. The lowest BCUT2D eigenvalue weighted by Crippen LogP contribution is -2.38. The molecule has 176 valence electrons. The third kappa shape index (κ3) is 7.06. The summed E-state index contributed by atoms with van der Waals surface area (Å²) in [6.07, 6.45) is 2.97. The summed E-state index contributed by atoms with van der Waals surface area (Å²) in [5.41, 5.74) is 2.53. The summed E-state index contributed by atoms with van der Waals surface area (Å²) >= 11 is 1.88. The Morgan fingerprint density at radius 1 is 0.939 bits per heavy atom. The molecule has 0 radical (unpaired) electrons. The predicted molar refractivity (Wildman–Crippen MR) is 131 cm³/mol. The van der Waals surface area contributed by atoms with Crippen LogP contribution in [-0.2, 0) is 32.5 Å². The van der Waals surface area contributed by atoms with Gasteiger partial charge in [-0.25, -0.2) is 13.1 Å². The van der Waals surface area contributed by atoms with E-state index < -0.39 is 10.0 Å². The molecule has 0 spiro atoms. The molecule has 0 unspecified atom stereocenters. The number of amides is 2. The van der Waals surface area contributed by atoms with E-state index in [0.717, 1.165) is 48.6 Å². The Morgan fingerprint density at radius 2 is 1.58 bits per heavy atom. The maximum absolute atomic E-state index is 12.4. The Labute approximate surface area is 199 Å². The van der Waals surface area contributed by atoms with Gasteiger partial charge in [0.1, 0.15) is 0 Å². The van der Waals surface area contributed by atoms with Crippen molar-refractivity contribution in [2.75, 3.05) is 29.9 Å². The summed E-state index contributed by atoms with van der Waals surface area (Å²) in [5, 5.41) is 2.88. The van der Waals surface area contributed by atoms with Crippen LogP contribution in [0, 0.1) is 0 Å². The zero-order chi connectivity index (χ0) is 23.3. The number of sulfonamides is 1. The van der Waals surface area contributed by atoms with Gasteiger partial charge in [-0.05, 0) is 54.7 Å². The molecule has 2 amide bonds. The number of hydrogen-bond donors (Lipinski definition) is 2. The van der Waals surface area contributed by atoms with Gasteiger partial charge < -0.3 is 10.2 Å². The van der Waals surface area contributed by atoms with E-state index in [-0.39, 0.29) is 22.8 Å². The number of nitrogens with zero attached hydrogens (tertiary/aromatic N) is 1. The fourth-order valence-electron chi connectivity index (χ4n) is 3.61. The molecule has 2 fully saturated rings. The Balaban J connectivity index is 1.22. The highest BCUT2D eigenvalue weighted by atomic mass is 32.2. The molecule has 2 N–H and O–H groups in total. The zero-order valence-corrected chi connectivity index (χ0v) is 20.1. The van der Waals surface area contributed by atoms with Gasteiger partial charge in [0.2, 0.25) is 21.8 Å². The van der Waals surface area contributed by atoms with E-state index >= 15 is 0 Å². The third-order valence-corrected chi connectivity index (χ3v) is 8.21. The summed E-state index contributed by atoms with van der Waals surface area (Å²) in [4.78, 5) is 26.9. The van der Waals surface area contributed by atoms with Crippen LogP contribution < -0.4 is 10.0 Å². The Bertz CT molecular complexity index is 1080. The minimum atomic E-state index is -3.46. The van der Waals surface area contributed by atoms with E-state index in [4.69, 9.17) is 0 Å². The molecular weight excluding hydrogens is 458 g/mol. The third-order valence-electron chi connectivity index (χ3n) is 5.73. The summed E-state index contributed by atoms with van der Waals surface area (Å²) in [6, 6.07) is 14.1. The molecule has 2 aromatic carbocycles. The number of carbonyl (C=O) groups excluding carboxylic acids is 2. The van der Waals surface area contributed by atoms with Crippen LogP contribution in [0.1, 0.15) is 30.4 Å². The normalized spacial score (nSPS) is 16.4. The van der Waals surface area contributed by atoms with Crippen LogP contribution in [0.5, 0.6) is 0 Å². The summed E-state index contributed by atoms with van der Waals surface area (Å²) in [6.45, 7) is 1.63. The SMILES string of the molecule is O=C(CCc1ccc(S(=O)(=O)NC2CC2)cc1)Nc1ccc(CC(=O)N2CCSCC2)cc1. The highest BCUT2D eigenvalue weighted by molar-refractivity contribution is 7.99. The van der Waals surface area contributed by atoms with Crippen LogP contribution in [0.4, 0.5) is 5.69 Å². The molecule has 2 aromatic rings. The van der Waals surface area contributed by atoms with Crippen molar-refractivity contribution in [1.29, 1.82) is 0 Å². The molecule has 0 aromatic heterocycles. The van der Waals surface area contributed by atoms with Gasteiger partial charge in [-0.3, -0.25) is 9.59 Å². The van der Waals surface area contributed by atoms with E-state index in [0.29, 0.717) is 24.9 Å². The average Bonchev–Trinajstić information content (AvgIpc) is 3.63. The van der Waals surface area contributed by atoms with Gasteiger partial charge in [0.25, 0.3) is 0 Å². The van der Waals surface area contributed by atoms with Crippen LogP contribution >= 0.6 is 11.8 Å². The van der Waals surface area contributed by atoms with Crippen molar-refractivity contribution in [3.63, 3.8) is 0 Å². The van der Waals surface area contributed by atoms with Crippen molar-refractivity contribution in [2.45, 2.75) is 43.0 Å². The molecular formula is C24H29N3O4S2. The molecule has 1 saturated carbocycles. The standard InChI is InChI=1S/C24H29N3O4S2/c28-23(12-5-18-3-10-22(11-4-18)33(30,31)26-21-8-9-21)25-20-6-1-19(2-7-20)17-24(29)27-13-15-32-16-14-27/h1-4,6-7,10-11,21,26H,5,8-9,12-17H2,(H,25,28). The minimum absolute atomic E-state index is 0.0711.